The zero-order valence-corrected chi connectivity index (χ0v) is 18.1. The van der Waals surface area contributed by atoms with E-state index in [0.29, 0.717) is 29.5 Å². The molecule has 0 spiro atoms. The molecule has 164 valence electrons. The number of halogens is 3. The summed E-state index contributed by atoms with van der Waals surface area (Å²) in [5, 5.41) is 9.65. The molecule has 3 aromatic rings. The molecule has 0 saturated carbocycles. The van der Waals surface area contributed by atoms with Crippen molar-refractivity contribution in [3.63, 3.8) is 0 Å². The Bertz CT molecular complexity index is 1130. The van der Waals surface area contributed by atoms with E-state index in [1.54, 1.807) is 18.2 Å². The van der Waals surface area contributed by atoms with Gasteiger partial charge in [0, 0.05) is 28.0 Å². The standard InChI is InChI=1S/C24H23F3O3S/c1-3-18-19-8-7-17(24(25,26)27)13-22(19)31-21(18)10-9-20(28)16-5-4-15(14(2)12-16)6-11-23(29)30/h4-5,7-8,12-13H,3,6,9-11H2,1-2H3,(H,29,30). The molecule has 0 saturated heterocycles. The van der Waals surface area contributed by atoms with Gasteiger partial charge in [-0.3, -0.25) is 9.59 Å². The monoisotopic (exact) mass is 448 g/mol. The van der Waals surface area contributed by atoms with Crippen LogP contribution in [0.2, 0.25) is 0 Å². The smallest absolute Gasteiger partial charge is 0.416 e. The third kappa shape index (κ3) is 5.34. The van der Waals surface area contributed by atoms with Crippen LogP contribution in [0.4, 0.5) is 13.2 Å². The number of alkyl halides is 3. The average molecular weight is 449 g/mol. The van der Waals surface area contributed by atoms with E-state index >= 15 is 0 Å². The zero-order chi connectivity index (χ0) is 22.8. The van der Waals surface area contributed by atoms with Crippen molar-refractivity contribution in [3.8, 4) is 0 Å². The predicted octanol–water partition coefficient (Wildman–Crippen LogP) is 6.62. The third-order valence-electron chi connectivity index (χ3n) is 5.41. The van der Waals surface area contributed by atoms with Gasteiger partial charge in [-0.25, -0.2) is 0 Å². The van der Waals surface area contributed by atoms with Crippen LogP contribution in [0.1, 0.15) is 57.3 Å². The van der Waals surface area contributed by atoms with E-state index in [9.17, 15) is 22.8 Å². The number of carbonyl (C=O) groups is 2. The molecule has 0 unspecified atom stereocenters. The van der Waals surface area contributed by atoms with E-state index in [1.165, 1.54) is 23.5 Å². The summed E-state index contributed by atoms with van der Waals surface area (Å²) in [4.78, 5) is 24.4. The Labute approximate surface area is 182 Å². The fourth-order valence-corrected chi connectivity index (χ4v) is 5.06. The molecule has 0 radical (unpaired) electrons. The number of carboxylic acid groups (broad SMARTS) is 1. The minimum atomic E-state index is -4.38. The first-order valence-electron chi connectivity index (χ1n) is 10.1. The number of aliphatic carboxylic acids is 1. The molecule has 0 aliphatic rings. The lowest BCUT2D eigenvalue weighted by Crippen LogP contribution is -2.04. The van der Waals surface area contributed by atoms with Crippen molar-refractivity contribution in [3.05, 3.63) is 69.1 Å². The Balaban J connectivity index is 1.76. The Hall–Kier alpha value is -2.67. The number of carbonyl (C=O) groups excluding carboxylic acids is 1. The van der Waals surface area contributed by atoms with Gasteiger partial charge in [0.2, 0.25) is 0 Å². The first kappa shape index (κ1) is 23.0. The van der Waals surface area contributed by atoms with Gasteiger partial charge in [0.25, 0.3) is 0 Å². The Morgan fingerprint density at radius 3 is 2.39 bits per heavy atom. The van der Waals surface area contributed by atoms with E-state index < -0.39 is 17.7 Å². The largest absolute Gasteiger partial charge is 0.481 e. The molecule has 1 N–H and O–H groups in total. The van der Waals surface area contributed by atoms with Crippen LogP contribution in [-0.4, -0.2) is 16.9 Å². The maximum absolute atomic E-state index is 13.0. The van der Waals surface area contributed by atoms with Gasteiger partial charge < -0.3 is 5.11 Å². The summed E-state index contributed by atoms with van der Waals surface area (Å²) in [5.41, 5.74) is 2.68. The van der Waals surface area contributed by atoms with Crippen molar-refractivity contribution in [2.75, 3.05) is 0 Å². The molecule has 3 nitrogen and oxygen atoms in total. The van der Waals surface area contributed by atoms with Gasteiger partial charge in [-0.05, 0) is 66.5 Å². The number of hydrogen-bond acceptors (Lipinski definition) is 3. The van der Waals surface area contributed by atoms with Crippen molar-refractivity contribution >= 4 is 33.2 Å². The van der Waals surface area contributed by atoms with Gasteiger partial charge in [-0.2, -0.15) is 13.2 Å². The molecule has 3 rings (SSSR count). The van der Waals surface area contributed by atoms with Crippen LogP contribution in [0.3, 0.4) is 0 Å². The lowest BCUT2D eigenvalue weighted by molar-refractivity contribution is -0.138. The van der Waals surface area contributed by atoms with Gasteiger partial charge >= 0.3 is 12.1 Å². The number of carboxylic acids is 1. The summed E-state index contributed by atoms with van der Waals surface area (Å²) in [5.74, 6) is -0.902. The van der Waals surface area contributed by atoms with Gasteiger partial charge in [-0.15, -0.1) is 11.3 Å². The Morgan fingerprint density at radius 2 is 1.77 bits per heavy atom. The van der Waals surface area contributed by atoms with Crippen LogP contribution in [0.5, 0.6) is 0 Å². The van der Waals surface area contributed by atoms with Crippen LogP contribution in [-0.2, 0) is 30.2 Å². The number of thiophene rings is 1. The summed E-state index contributed by atoms with van der Waals surface area (Å²) in [6, 6.07) is 9.11. The molecule has 1 heterocycles. The Kier molecular flexibility index (Phi) is 6.84. The quantitative estimate of drug-likeness (QED) is 0.394. The number of rotatable bonds is 8. The fraction of sp³-hybridized carbons (Fsp3) is 0.333. The molecule has 7 heteroatoms. The van der Waals surface area contributed by atoms with Gasteiger partial charge in [0.15, 0.2) is 5.78 Å². The summed E-state index contributed by atoms with van der Waals surface area (Å²) in [6.45, 7) is 3.82. The molecule has 31 heavy (non-hydrogen) atoms. The molecule has 0 atom stereocenters. The number of hydrogen-bond donors (Lipinski definition) is 1. The van der Waals surface area contributed by atoms with Crippen molar-refractivity contribution in [2.45, 2.75) is 52.1 Å². The number of benzene rings is 2. The maximum Gasteiger partial charge on any atom is 0.416 e. The number of ketones is 1. The Morgan fingerprint density at radius 1 is 1.03 bits per heavy atom. The lowest BCUT2D eigenvalue weighted by Gasteiger charge is -2.08. The minimum Gasteiger partial charge on any atom is -0.481 e. The van der Waals surface area contributed by atoms with Crippen LogP contribution < -0.4 is 0 Å². The third-order valence-corrected chi connectivity index (χ3v) is 6.66. The van der Waals surface area contributed by atoms with Crippen molar-refractivity contribution < 1.29 is 27.9 Å². The second kappa shape index (κ2) is 9.22. The van der Waals surface area contributed by atoms with Gasteiger partial charge in [0.1, 0.15) is 0 Å². The molecule has 0 aliphatic heterocycles. The highest BCUT2D eigenvalue weighted by Gasteiger charge is 2.31. The van der Waals surface area contributed by atoms with E-state index in [2.05, 4.69) is 0 Å². The summed E-state index contributed by atoms with van der Waals surface area (Å²) < 4.78 is 39.7. The molecule has 1 aromatic heterocycles. The van der Waals surface area contributed by atoms with Gasteiger partial charge in [0.05, 0.1) is 5.56 Å². The molecule has 2 aromatic carbocycles. The summed E-state index contributed by atoms with van der Waals surface area (Å²) in [7, 11) is 0. The maximum atomic E-state index is 13.0. The van der Waals surface area contributed by atoms with Crippen LogP contribution >= 0.6 is 11.3 Å². The van der Waals surface area contributed by atoms with Crippen LogP contribution in [0.25, 0.3) is 10.1 Å². The SMILES string of the molecule is CCc1c(CCC(=O)c2ccc(CCC(=O)O)c(C)c2)sc2cc(C(F)(F)F)ccc12. The van der Waals surface area contributed by atoms with Crippen molar-refractivity contribution in [2.24, 2.45) is 0 Å². The molecular formula is C24H23F3O3S. The first-order valence-corrected chi connectivity index (χ1v) is 10.9. The highest BCUT2D eigenvalue weighted by Crippen LogP contribution is 2.37. The molecule has 0 bridgehead atoms. The predicted molar refractivity (Wildman–Crippen MR) is 116 cm³/mol. The highest BCUT2D eigenvalue weighted by molar-refractivity contribution is 7.19. The molecular weight excluding hydrogens is 425 g/mol. The van der Waals surface area contributed by atoms with Crippen molar-refractivity contribution in [1.82, 2.24) is 0 Å². The normalized spacial score (nSPS) is 11.8. The van der Waals surface area contributed by atoms with Crippen molar-refractivity contribution in [1.29, 1.82) is 0 Å². The zero-order valence-electron chi connectivity index (χ0n) is 17.3. The van der Waals surface area contributed by atoms with Gasteiger partial charge in [-0.1, -0.05) is 25.1 Å². The molecule has 0 fully saturated rings. The minimum absolute atomic E-state index is 0.0376. The summed E-state index contributed by atoms with van der Waals surface area (Å²) >= 11 is 1.32. The first-order chi connectivity index (χ1) is 14.6. The fourth-order valence-electron chi connectivity index (χ4n) is 3.73. The number of aryl methyl sites for hydroxylation is 4. The second-order valence-electron chi connectivity index (χ2n) is 7.52. The van der Waals surface area contributed by atoms with E-state index in [1.807, 2.05) is 13.8 Å². The topological polar surface area (TPSA) is 54.4 Å². The van der Waals surface area contributed by atoms with E-state index in [4.69, 9.17) is 5.11 Å². The summed E-state index contributed by atoms with van der Waals surface area (Å²) in [6.07, 6.45) is -2.50. The van der Waals surface area contributed by atoms with Crippen LogP contribution in [0.15, 0.2) is 36.4 Å². The van der Waals surface area contributed by atoms with E-state index in [-0.39, 0.29) is 18.6 Å². The lowest BCUT2D eigenvalue weighted by atomic mass is 9.97. The van der Waals surface area contributed by atoms with E-state index in [0.717, 1.165) is 33.0 Å². The highest BCUT2D eigenvalue weighted by atomic mass is 32.1. The average Bonchev–Trinajstić information content (AvgIpc) is 3.06. The van der Waals surface area contributed by atoms with Crippen LogP contribution in [0, 0.1) is 6.92 Å². The number of Topliss-reactive ketones (excluding diaryl/α,β-unsaturated/α-hetero) is 1. The molecule has 0 amide bonds. The second-order valence-corrected chi connectivity index (χ2v) is 8.66. The number of fused-ring (bicyclic) bond motifs is 1. The molecule has 0 aliphatic carbocycles.